The molecule has 0 saturated heterocycles. The zero-order valence-corrected chi connectivity index (χ0v) is 17.8. The Morgan fingerprint density at radius 3 is 2.68 bits per heavy atom. The van der Waals surface area contributed by atoms with Crippen LogP contribution in [-0.4, -0.2) is 74.9 Å². The van der Waals surface area contributed by atoms with Crippen molar-refractivity contribution in [1.82, 2.24) is 15.0 Å². The fourth-order valence-electron chi connectivity index (χ4n) is 4.11. The highest BCUT2D eigenvalue weighted by Gasteiger charge is 2.35. The predicted octanol–water partition coefficient (Wildman–Crippen LogP) is 2.07. The number of rotatable bonds is 8. The highest BCUT2D eigenvalue weighted by atomic mass is 19.4. The molecule has 1 N–H and O–H groups in total. The minimum Gasteiger partial charge on any atom is -0.427 e. The zero-order chi connectivity index (χ0) is 22.4. The molecule has 1 amide bonds. The number of carbonyl (C=O) groups is 1. The van der Waals surface area contributed by atoms with Gasteiger partial charge in [-0.15, -0.1) is 13.2 Å². The minimum atomic E-state index is -4.76. The number of likely N-dealkylation sites (N-methyl/N-ethyl adjacent to an activating group) is 1. The monoisotopic (exact) mass is 440 g/mol. The van der Waals surface area contributed by atoms with E-state index in [1.807, 2.05) is 11.9 Å². The van der Waals surface area contributed by atoms with E-state index in [4.69, 9.17) is 4.65 Å². The summed E-state index contributed by atoms with van der Waals surface area (Å²) in [6.45, 7) is 0.710. The van der Waals surface area contributed by atoms with Gasteiger partial charge in [0, 0.05) is 33.3 Å². The quantitative estimate of drug-likeness (QED) is 0.628. The number of hydrogen-bond acceptors (Lipinski definition) is 6. The van der Waals surface area contributed by atoms with E-state index >= 15 is 0 Å². The van der Waals surface area contributed by atoms with Gasteiger partial charge in [-0.3, -0.25) is 9.79 Å². The molecule has 3 rings (SSSR count). The third kappa shape index (κ3) is 6.86. The lowest BCUT2D eigenvalue weighted by Crippen LogP contribution is -2.49. The number of carbonyl (C=O) groups excluding carboxylic acids is 1. The maximum absolute atomic E-state index is 13.3. The summed E-state index contributed by atoms with van der Waals surface area (Å²) in [4.78, 5) is 21.2. The van der Waals surface area contributed by atoms with Gasteiger partial charge < -0.3 is 24.4 Å². The van der Waals surface area contributed by atoms with Gasteiger partial charge in [0.15, 0.2) is 0 Å². The Morgan fingerprint density at radius 1 is 1.32 bits per heavy atom. The molecule has 0 bridgehead atoms. The van der Waals surface area contributed by atoms with E-state index in [0.29, 0.717) is 25.8 Å². The molecule has 1 heterocycles. The second kappa shape index (κ2) is 10.4. The number of hydrogen-bond donors (Lipinski definition) is 1. The molecule has 1 saturated carbocycles. The van der Waals surface area contributed by atoms with Crippen LogP contribution in [0, 0.1) is 0 Å². The fourth-order valence-corrected chi connectivity index (χ4v) is 4.11. The SMILES string of the molecule is COBN[C@H]1CC[C@@H](N(Cc2cccc(OC(F)(F)F)c2)C(=O)C2CN(C)C=N2)CC1. The van der Waals surface area contributed by atoms with Gasteiger partial charge in [0.2, 0.25) is 5.91 Å². The van der Waals surface area contributed by atoms with Gasteiger partial charge in [-0.25, -0.2) is 0 Å². The second-order valence-electron chi connectivity index (χ2n) is 8.02. The summed E-state index contributed by atoms with van der Waals surface area (Å²) in [5.41, 5.74) is 0.588. The van der Waals surface area contributed by atoms with Crippen molar-refractivity contribution in [3.05, 3.63) is 29.8 Å². The van der Waals surface area contributed by atoms with Crippen LogP contribution in [0.15, 0.2) is 29.3 Å². The first-order valence-corrected chi connectivity index (χ1v) is 10.4. The lowest BCUT2D eigenvalue weighted by atomic mass is 9.88. The summed E-state index contributed by atoms with van der Waals surface area (Å²) in [6, 6.07) is 5.64. The van der Waals surface area contributed by atoms with E-state index in [0.717, 1.165) is 25.7 Å². The largest absolute Gasteiger partial charge is 0.573 e. The van der Waals surface area contributed by atoms with Crippen LogP contribution in [0.25, 0.3) is 0 Å². The molecule has 7 nitrogen and oxygen atoms in total. The van der Waals surface area contributed by atoms with Crippen LogP contribution in [-0.2, 0) is 16.0 Å². The predicted molar refractivity (Wildman–Crippen MR) is 112 cm³/mol. The molecular weight excluding hydrogens is 412 g/mol. The molecule has 1 unspecified atom stereocenters. The lowest BCUT2D eigenvalue weighted by Gasteiger charge is -2.38. The fraction of sp³-hybridized carbons (Fsp3) is 0.600. The summed E-state index contributed by atoms with van der Waals surface area (Å²) in [7, 11) is 3.97. The van der Waals surface area contributed by atoms with Crippen LogP contribution >= 0.6 is 0 Å². The molecule has 1 aromatic carbocycles. The Labute approximate surface area is 180 Å². The van der Waals surface area contributed by atoms with Crippen molar-refractivity contribution in [3.63, 3.8) is 0 Å². The maximum atomic E-state index is 13.3. The Kier molecular flexibility index (Phi) is 7.82. The van der Waals surface area contributed by atoms with Crippen molar-refractivity contribution in [2.75, 3.05) is 20.7 Å². The molecule has 0 spiro atoms. The van der Waals surface area contributed by atoms with E-state index in [9.17, 15) is 18.0 Å². The van der Waals surface area contributed by atoms with E-state index in [1.165, 1.54) is 18.2 Å². The molecule has 1 aliphatic carbocycles. The molecular formula is C20H28BF3N4O3. The van der Waals surface area contributed by atoms with Crippen molar-refractivity contribution in [2.24, 2.45) is 4.99 Å². The molecule has 2 aliphatic rings. The van der Waals surface area contributed by atoms with Crippen molar-refractivity contribution in [1.29, 1.82) is 0 Å². The number of aliphatic imine (C=N–C) groups is 1. The third-order valence-corrected chi connectivity index (χ3v) is 5.61. The van der Waals surface area contributed by atoms with Gasteiger partial charge in [-0.1, -0.05) is 12.1 Å². The number of halogens is 3. The topological polar surface area (TPSA) is 66.4 Å². The molecule has 1 aromatic rings. The molecule has 0 radical (unpaired) electrons. The van der Waals surface area contributed by atoms with Crippen LogP contribution in [0.2, 0.25) is 0 Å². The maximum Gasteiger partial charge on any atom is 0.573 e. The lowest BCUT2D eigenvalue weighted by molar-refractivity contribution is -0.274. The summed E-state index contributed by atoms with van der Waals surface area (Å²) < 4.78 is 46.9. The highest BCUT2D eigenvalue weighted by molar-refractivity contribution is 6.23. The summed E-state index contributed by atoms with van der Waals surface area (Å²) in [6.07, 6.45) is 0.275. The van der Waals surface area contributed by atoms with E-state index in [-0.39, 0.29) is 24.2 Å². The van der Waals surface area contributed by atoms with Crippen molar-refractivity contribution in [3.8, 4) is 5.75 Å². The first kappa shape index (κ1) is 23.4. The summed E-state index contributed by atoms with van der Waals surface area (Å²) >= 11 is 0. The molecule has 1 aliphatic heterocycles. The van der Waals surface area contributed by atoms with E-state index in [1.54, 1.807) is 24.4 Å². The minimum absolute atomic E-state index is 0.00129. The Hall–Kier alpha value is -2.27. The standard InChI is InChI=1S/C20H28BF3N4O3/c1-27-12-18(25-13-27)19(29)28(16-8-6-15(7-9-16)26-21-30-2)11-14-4-3-5-17(10-14)31-20(22,23)24/h3-5,10,13,15-16,18,21,26H,6-9,11-12H2,1-2H3/t15-,16+,18?. The van der Waals surface area contributed by atoms with E-state index < -0.39 is 12.4 Å². The summed E-state index contributed by atoms with van der Waals surface area (Å²) in [5.74, 6) is -0.389. The van der Waals surface area contributed by atoms with Crippen LogP contribution in [0.4, 0.5) is 13.2 Å². The first-order chi connectivity index (χ1) is 14.7. The molecule has 11 heteroatoms. The van der Waals surface area contributed by atoms with Crippen molar-refractivity contribution < 1.29 is 27.4 Å². The van der Waals surface area contributed by atoms with Crippen LogP contribution in [0.3, 0.4) is 0 Å². The Bertz CT molecular complexity index is 772. The van der Waals surface area contributed by atoms with Gasteiger partial charge in [0.1, 0.15) is 11.8 Å². The first-order valence-electron chi connectivity index (χ1n) is 10.4. The number of nitrogens with zero attached hydrogens (tertiary/aromatic N) is 3. The highest BCUT2D eigenvalue weighted by Crippen LogP contribution is 2.28. The molecule has 1 atom stereocenters. The van der Waals surface area contributed by atoms with Crippen LogP contribution in [0.5, 0.6) is 5.75 Å². The van der Waals surface area contributed by atoms with Crippen LogP contribution in [0.1, 0.15) is 31.2 Å². The van der Waals surface area contributed by atoms with Crippen molar-refractivity contribution >= 4 is 19.9 Å². The summed E-state index contributed by atoms with van der Waals surface area (Å²) in [5, 5.41) is 3.32. The number of benzene rings is 1. The van der Waals surface area contributed by atoms with Gasteiger partial charge in [-0.2, -0.15) is 0 Å². The van der Waals surface area contributed by atoms with Crippen LogP contribution < -0.4 is 9.96 Å². The van der Waals surface area contributed by atoms with Gasteiger partial charge in [0.05, 0.1) is 6.34 Å². The molecule has 170 valence electrons. The zero-order valence-electron chi connectivity index (χ0n) is 17.8. The van der Waals surface area contributed by atoms with Crippen molar-refractivity contribution in [2.45, 2.75) is 56.7 Å². The Morgan fingerprint density at radius 2 is 2.06 bits per heavy atom. The normalized spacial score (nSPS) is 23.6. The number of amides is 1. The third-order valence-electron chi connectivity index (χ3n) is 5.61. The molecule has 31 heavy (non-hydrogen) atoms. The number of nitrogens with one attached hydrogen (secondary N) is 1. The smallest absolute Gasteiger partial charge is 0.427 e. The number of ether oxygens (including phenoxy) is 1. The van der Waals surface area contributed by atoms with Gasteiger partial charge in [0.25, 0.3) is 0 Å². The molecule has 0 aromatic heterocycles. The average Bonchev–Trinajstić information content (AvgIpc) is 3.16. The Balaban J connectivity index is 1.73. The van der Waals surface area contributed by atoms with Gasteiger partial charge >= 0.3 is 14.0 Å². The average molecular weight is 440 g/mol. The van der Waals surface area contributed by atoms with Gasteiger partial charge in [-0.05, 0) is 49.4 Å². The van der Waals surface area contributed by atoms with E-state index in [2.05, 4.69) is 15.0 Å². The molecule has 1 fully saturated rings. The number of alkyl halides is 3. The second-order valence-corrected chi connectivity index (χ2v) is 8.02.